The summed E-state index contributed by atoms with van der Waals surface area (Å²) in [5.74, 6) is 0. The van der Waals surface area contributed by atoms with E-state index in [2.05, 4.69) is 24.1 Å². The number of likely N-dealkylation sites (tertiary alicyclic amines) is 1. The fourth-order valence-corrected chi connectivity index (χ4v) is 2.82. The molecule has 1 aliphatic rings. The molecule has 6 heteroatoms. The minimum atomic E-state index is -4.36. The van der Waals surface area contributed by atoms with Crippen LogP contribution in [0.15, 0.2) is 18.2 Å². The van der Waals surface area contributed by atoms with E-state index in [-0.39, 0.29) is 11.1 Å². The number of alkyl halides is 3. The third-order valence-electron chi connectivity index (χ3n) is 3.92. The first kappa shape index (κ1) is 16.4. The molecule has 0 aromatic heterocycles. The summed E-state index contributed by atoms with van der Waals surface area (Å²) in [6.07, 6.45) is -2.42. The highest BCUT2D eigenvalue weighted by atomic mass is 35.5. The van der Waals surface area contributed by atoms with Gasteiger partial charge in [-0.15, -0.1) is 0 Å². The number of halogens is 4. The highest BCUT2D eigenvalue weighted by Gasteiger charge is 2.31. The summed E-state index contributed by atoms with van der Waals surface area (Å²) >= 11 is 5.96. The zero-order valence-corrected chi connectivity index (χ0v) is 12.9. The Bertz CT molecular complexity index is 480. The second-order valence-corrected chi connectivity index (χ2v) is 6.15. The third-order valence-corrected chi connectivity index (χ3v) is 4.23. The maximum atomic E-state index is 12.6. The zero-order chi connectivity index (χ0) is 15.6. The largest absolute Gasteiger partial charge is 0.416 e. The van der Waals surface area contributed by atoms with E-state index in [4.69, 9.17) is 11.6 Å². The van der Waals surface area contributed by atoms with E-state index in [0.29, 0.717) is 11.7 Å². The van der Waals surface area contributed by atoms with E-state index in [1.165, 1.54) is 6.07 Å². The predicted octanol–water partition coefficient (Wildman–Crippen LogP) is 4.64. The van der Waals surface area contributed by atoms with E-state index in [9.17, 15) is 13.2 Å². The van der Waals surface area contributed by atoms with Gasteiger partial charge in [-0.3, -0.25) is 0 Å². The van der Waals surface area contributed by atoms with Crippen LogP contribution >= 0.6 is 11.6 Å². The molecule has 21 heavy (non-hydrogen) atoms. The fraction of sp³-hybridized carbons (Fsp3) is 0.600. The topological polar surface area (TPSA) is 15.3 Å². The number of hydrogen-bond donors (Lipinski definition) is 1. The summed E-state index contributed by atoms with van der Waals surface area (Å²) in [6.45, 7) is 6.32. The van der Waals surface area contributed by atoms with Crippen LogP contribution in [-0.2, 0) is 6.18 Å². The van der Waals surface area contributed by atoms with Crippen LogP contribution in [-0.4, -0.2) is 30.1 Å². The number of hydrogen-bond acceptors (Lipinski definition) is 2. The molecule has 118 valence electrons. The Morgan fingerprint density at radius 2 is 1.86 bits per heavy atom. The number of benzene rings is 1. The van der Waals surface area contributed by atoms with Gasteiger partial charge in [0.05, 0.1) is 16.3 Å². The van der Waals surface area contributed by atoms with Gasteiger partial charge in [0, 0.05) is 25.2 Å². The van der Waals surface area contributed by atoms with Gasteiger partial charge in [-0.05, 0) is 44.9 Å². The van der Waals surface area contributed by atoms with Gasteiger partial charge in [-0.25, -0.2) is 0 Å². The Balaban J connectivity index is 1.98. The molecule has 2 rings (SSSR count). The lowest BCUT2D eigenvalue weighted by molar-refractivity contribution is -0.137. The van der Waals surface area contributed by atoms with Crippen molar-refractivity contribution in [2.75, 3.05) is 18.4 Å². The standard InChI is InChI=1S/C15H20ClF3N2/c1-10(2)21-7-5-12(6-8-21)20-14-4-3-11(9-13(14)16)15(17,18)19/h3-4,9-10,12,20H,5-8H2,1-2H3. The van der Waals surface area contributed by atoms with E-state index in [0.717, 1.165) is 38.1 Å². The van der Waals surface area contributed by atoms with Crippen LogP contribution in [0.3, 0.4) is 0 Å². The fourth-order valence-electron chi connectivity index (χ4n) is 2.59. The summed E-state index contributed by atoms with van der Waals surface area (Å²) < 4.78 is 37.8. The molecule has 0 unspecified atom stereocenters. The third kappa shape index (κ3) is 4.27. The maximum Gasteiger partial charge on any atom is 0.416 e. The van der Waals surface area contributed by atoms with Crippen molar-refractivity contribution in [1.29, 1.82) is 0 Å². The Labute approximate surface area is 128 Å². The SMILES string of the molecule is CC(C)N1CCC(Nc2ccc(C(F)(F)F)cc2Cl)CC1. The number of rotatable bonds is 3. The van der Waals surface area contributed by atoms with Crippen LogP contribution in [0.25, 0.3) is 0 Å². The number of piperidine rings is 1. The number of nitrogens with one attached hydrogen (secondary N) is 1. The highest BCUT2D eigenvalue weighted by Crippen LogP contribution is 2.34. The van der Waals surface area contributed by atoms with Gasteiger partial charge in [0.2, 0.25) is 0 Å². The van der Waals surface area contributed by atoms with Crippen molar-refractivity contribution in [3.63, 3.8) is 0 Å². The Morgan fingerprint density at radius 3 is 2.33 bits per heavy atom. The van der Waals surface area contributed by atoms with Gasteiger partial charge in [0.1, 0.15) is 0 Å². The molecule has 0 radical (unpaired) electrons. The second-order valence-electron chi connectivity index (χ2n) is 5.74. The monoisotopic (exact) mass is 320 g/mol. The summed E-state index contributed by atoms with van der Waals surface area (Å²) in [4.78, 5) is 2.40. The van der Waals surface area contributed by atoms with E-state index in [1.807, 2.05) is 0 Å². The lowest BCUT2D eigenvalue weighted by Crippen LogP contribution is -2.42. The molecule has 0 saturated carbocycles. The molecule has 1 N–H and O–H groups in total. The Morgan fingerprint density at radius 1 is 1.24 bits per heavy atom. The molecule has 1 aliphatic heterocycles. The molecule has 1 fully saturated rings. The summed E-state index contributed by atoms with van der Waals surface area (Å²) in [5.41, 5.74) is -0.139. The normalized spacial score (nSPS) is 18.2. The molecule has 2 nitrogen and oxygen atoms in total. The summed E-state index contributed by atoms with van der Waals surface area (Å²) in [5, 5.41) is 3.38. The zero-order valence-electron chi connectivity index (χ0n) is 12.2. The molecule has 1 aromatic rings. The minimum Gasteiger partial charge on any atom is -0.381 e. The molecular formula is C15H20ClF3N2. The van der Waals surface area contributed by atoms with Crippen LogP contribution in [0.5, 0.6) is 0 Å². The van der Waals surface area contributed by atoms with E-state index < -0.39 is 11.7 Å². The van der Waals surface area contributed by atoms with Crippen molar-refractivity contribution in [1.82, 2.24) is 4.90 Å². The first-order valence-corrected chi connectivity index (χ1v) is 7.52. The Kier molecular flexibility index (Phi) is 5.04. The van der Waals surface area contributed by atoms with Crippen molar-refractivity contribution in [3.05, 3.63) is 28.8 Å². The van der Waals surface area contributed by atoms with Crippen molar-refractivity contribution < 1.29 is 13.2 Å². The molecule has 0 spiro atoms. The van der Waals surface area contributed by atoms with E-state index >= 15 is 0 Å². The van der Waals surface area contributed by atoms with E-state index in [1.54, 1.807) is 0 Å². The smallest absolute Gasteiger partial charge is 0.381 e. The molecule has 1 saturated heterocycles. The quantitative estimate of drug-likeness (QED) is 0.872. The lowest BCUT2D eigenvalue weighted by atomic mass is 10.0. The molecule has 0 aliphatic carbocycles. The number of anilines is 1. The molecule has 0 bridgehead atoms. The van der Waals surface area contributed by atoms with Crippen molar-refractivity contribution in [2.24, 2.45) is 0 Å². The summed E-state index contributed by atoms with van der Waals surface area (Å²) in [7, 11) is 0. The van der Waals surface area contributed by atoms with Gasteiger partial charge < -0.3 is 10.2 Å². The molecule has 1 heterocycles. The summed E-state index contributed by atoms with van der Waals surface area (Å²) in [6, 6.07) is 4.25. The van der Waals surface area contributed by atoms with Crippen LogP contribution in [0.4, 0.5) is 18.9 Å². The Hall–Kier alpha value is -0.940. The predicted molar refractivity (Wildman–Crippen MR) is 79.8 cm³/mol. The molecule has 0 atom stereocenters. The van der Waals surface area contributed by atoms with Gasteiger partial charge in [-0.2, -0.15) is 13.2 Å². The van der Waals surface area contributed by atoms with Crippen LogP contribution in [0.1, 0.15) is 32.3 Å². The maximum absolute atomic E-state index is 12.6. The van der Waals surface area contributed by atoms with Crippen LogP contribution < -0.4 is 5.32 Å². The first-order valence-electron chi connectivity index (χ1n) is 7.14. The average molecular weight is 321 g/mol. The minimum absolute atomic E-state index is 0.121. The second kappa shape index (κ2) is 6.44. The van der Waals surface area contributed by atoms with Crippen molar-refractivity contribution in [3.8, 4) is 0 Å². The van der Waals surface area contributed by atoms with Gasteiger partial charge in [0.25, 0.3) is 0 Å². The van der Waals surface area contributed by atoms with Crippen LogP contribution in [0.2, 0.25) is 5.02 Å². The van der Waals surface area contributed by atoms with Gasteiger partial charge in [0.15, 0.2) is 0 Å². The van der Waals surface area contributed by atoms with Crippen molar-refractivity contribution >= 4 is 17.3 Å². The first-order chi connectivity index (χ1) is 9.77. The lowest BCUT2D eigenvalue weighted by Gasteiger charge is -2.35. The van der Waals surface area contributed by atoms with Crippen molar-refractivity contribution in [2.45, 2.75) is 44.9 Å². The molecule has 0 amide bonds. The average Bonchev–Trinajstić information content (AvgIpc) is 2.40. The van der Waals surface area contributed by atoms with Gasteiger partial charge in [-0.1, -0.05) is 11.6 Å². The number of nitrogens with zero attached hydrogens (tertiary/aromatic N) is 1. The van der Waals surface area contributed by atoms with Gasteiger partial charge >= 0.3 is 6.18 Å². The molecule has 1 aromatic carbocycles. The molecular weight excluding hydrogens is 301 g/mol. The highest BCUT2D eigenvalue weighted by molar-refractivity contribution is 6.33. The van der Waals surface area contributed by atoms with Crippen LogP contribution in [0, 0.1) is 0 Å².